The molecule has 0 radical (unpaired) electrons. The summed E-state index contributed by atoms with van der Waals surface area (Å²) in [6.45, 7) is 0. The van der Waals surface area contributed by atoms with Crippen LogP contribution in [-0.2, 0) is 9.59 Å². The van der Waals surface area contributed by atoms with E-state index in [2.05, 4.69) is 5.32 Å². The van der Waals surface area contributed by atoms with Gasteiger partial charge in [0.2, 0.25) is 0 Å². The lowest BCUT2D eigenvalue weighted by molar-refractivity contribution is -0.120. The highest BCUT2D eigenvalue weighted by Gasteiger charge is 2.41. The maximum atomic E-state index is 13.5. The van der Waals surface area contributed by atoms with Crippen molar-refractivity contribution >= 4 is 69.8 Å². The second-order valence-corrected chi connectivity index (χ2v) is 9.06. The summed E-state index contributed by atoms with van der Waals surface area (Å²) < 4.78 is 5.36. The normalized spacial score (nSPS) is 13.7. The number of carbonyl (C=O) groups excluding carboxylic acids is 2. The molecule has 1 N–H and O–H groups in total. The van der Waals surface area contributed by atoms with Gasteiger partial charge in [0, 0.05) is 25.7 Å². The summed E-state index contributed by atoms with van der Waals surface area (Å²) in [4.78, 5) is 29.0. The molecule has 1 aliphatic heterocycles. The van der Waals surface area contributed by atoms with Gasteiger partial charge in [-0.15, -0.1) is 0 Å². The minimum atomic E-state index is -0.551. The molecular weight excluding hydrogens is 491 g/mol. The van der Waals surface area contributed by atoms with Crippen LogP contribution in [0.25, 0.3) is 0 Å². The van der Waals surface area contributed by atoms with Crippen molar-refractivity contribution < 1.29 is 14.3 Å². The lowest BCUT2D eigenvalue weighted by Crippen LogP contribution is -2.32. The highest BCUT2D eigenvalue weighted by atomic mass is 35.5. The Kier molecular flexibility index (Phi) is 6.67. The molecule has 0 unspecified atom stereocenters. The van der Waals surface area contributed by atoms with Crippen LogP contribution in [0.5, 0.6) is 5.75 Å². The summed E-state index contributed by atoms with van der Waals surface area (Å²) in [6, 6.07) is 18.8. The van der Waals surface area contributed by atoms with E-state index in [0.717, 1.165) is 9.80 Å². The lowest BCUT2D eigenvalue weighted by atomic mass is 10.2. The van der Waals surface area contributed by atoms with Crippen molar-refractivity contribution in [2.75, 3.05) is 17.3 Å². The number of carbonyl (C=O) groups is 2. The van der Waals surface area contributed by atoms with Gasteiger partial charge in [-0.2, -0.15) is 0 Å². The van der Waals surface area contributed by atoms with Gasteiger partial charge in [-0.3, -0.25) is 9.59 Å². The van der Waals surface area contributed by atoms with E-state index < -0.39 is 11.8 Å². The Morgan fingerprint density at radius 2 is 1.53 bits per heavy atom. The van der Waals surface area contributed by atoms with Gasteiger partial charge in [0.15, 0.2) is 0 Å². The number of rotatable bonds is 6. The number of nitrogens with zero attached hydrogens (tertiary/aromatic N) is 1. The van der Waals surface area contributed by atoms with Gasteiger partial charge >= 0.3 is 0 Å². The van der Waals surface area contributed by atoms with Crippen LogP contribution in [0.15, 0.2) is 82.2 Å². The van der Waals surface area contributed by atoms with Gasteiger partial charge in [-0.1, -0.05) is 64.8 Å². The predicted molar refractivity (Wildman–Crippen MR) is 130 cm³/mol. The molecule has 0 spiro atoms. The van der Waals surface area contributed by atoms with E-state index in [0.29, 0.717) is 26.5 Å². The van der Waals surface area contributed by atoms with Gasteiger partial charge in [0.25, 0.3) is 11.8 Å². The molecule has 0 fully saturated rings. The first-order valence-electron chi connectivity index (χ1n) is 9.30. The first-order valence-corrected chi connectivity index (χ1v) is 11.2. The molecular formula is C23H15Cl3N2O3S. The third-order valence-corrected chi connectivity index (χ3v) is 6.28. The van der Waals surface area contributed by atoms with Crippen LogP contribution in [0.2, 0.25) is 15.1 Å². The van der Waals surface area contributed by atoms with Gasteiger partial charge in [0.05, 0.1) is 12.8 Å². The second-order valence-electron chi connectivity index (χ2n) is 6.66. The molecule has 2 amide bonds. The van der Waals surface area contributed by atoms with Crippen molar-refractivity contribution in [2.45, 2.75) is 4.90 Å². The maximum absolute atomic E-state index is 13.5. The Morgan fingerprint density at radius 3 is 2.19 bits per heavy atom. The number of halogens is 3. The number of benzene rings is 3. The SMILES string of the molecule is COc1ccc(Cl)cc1N1C(=O)C(Nc2cc(Cl)cc(Cl)c2)=C(Sc2ccccc2)C1=O. The van der Waals surface area contributed by atoms with Crippen LogP contribution >= 0.6 is 46.6 Å². The number of hydrogen-bond donors (Lipinski definition) is 1. The van der Waals surface area contributed by atoms with Crippen molar-refractivity contribution in [3.05, 3.63) is 92.4 Å². The smallest absolute Gasteiger partial charge is 0.283 e. The first kappa shape index (κ1) is 22.6. The van der Waals surface area contributed by atoms with Crippen LogP contribution < -0.4 is 15.0 Å². The number of ether oxygens (including phenoxy) is 1. The van der Waals surface area contributed by atoms with Gasteiger partial charge in [0.1, 0.15) is 16.4 Å². The molecule has 3 aromatic rings. The minimum Gasteiger partial charge on any atom is -0.495 e. The molecule has 0 saturated heterocycles. The topological polar surface area (TPSA) is 58.6 Å². The molecule has 3 aromatic carbocycles. The van der Waals surface area contributed by atoms with Crippen molar-refractivity contribution in [3.8, 4) is 5.75 Å². The van der Waals surface area contributed by atoms with Crippen molar-refractivity contribution in [3.63, 3.8) is 0 Å². The fourth-order valence-corrected chi connectivity index (χ4v) is 4.79. The molecule has 5 nitrogen and oxygen atoms in total. The largest absolute Gasteiger partial charge is 0.495 e. The summed E-state index contributed by atoms with van der Waals surface area (Å²) in [7, 11) is 1.46. The van der Waals surface area contributed by atoms with E-state index in [-0.39, 0.29) is 16.3 Å². The highest BCUT2D eigenvalue weighted by molar-refractivity contribution is 8.04. The Labute approximate surface area is 203 Å². The number of nitrogens with one attached hydrogen (secondary N) is 1. The number of thioether (sulfide) groups is 1. The van der Waals surface area contributed by atoms with E-state index in [1.165, 1.54) is 24.9 Å². The maximum Gasteiger partial charge on any atom is 0.283 e. The van der Waals surface area contributed by atoms with E-state index in [9.17, 15) is 9.59 Å². The number of imide groups is 1. The zero-order valence-electron chi connectivity index (χ0n) is 16.6. The zero-order valence-corrected chi connectivity index (χ0v) is 19.6. The molecule has 0 atom stereocenters. The van der Waals surface area contributed by atoms with Crippen LogP contribution in [0.1, 0.15) is 0 Å². The molecule has 9 heteroatoms. The number of amides is 2. The summed E-state index contributed by atoms with van der Waals surface area (Å²) in [6.07, 6.45) is 0. The lowest BCUT2D eigenvalue weighted by Gasteiger charge is -2.18. The molecule has 1 aliphatic rings. The third kappa shape index (κ3) is 4.59. The van der Waals surface area contributed by atoms with Crippen LogP contribution in [0.3, 0.4) is 0 Å². The molecule has 0 bridgehead atoms. The number of hydrogen-bond acceptors (Lipinski definition) is 5. The Balaban J connectivity index is 1.80. The quantitative estimate of drug-likeness (QED) is 0.380. The molecule has 162 valence electrons. The minimum absolute atomic E-state index is 0.101. The van der Waals surface area contributed by atoms with Crippen molar-refractivity contribution in [2.24, 2.45) is 0 Å². The molecule has 1 heterocycles. The molecule has 0 aromatic heterocycles. The van der Waals surface area contributed by atoms with Gasteiger partial charge in [-0.25, -0.2) is 4.90 Å². The highest BCUT2D eigenvalue weighted by Crippen LogP contribution is 2.41. The Hall–Kier alpha value is -2.64. The fraction of sp³-hybridized carbons (Fsp3) is 0.0435. The van der Waals surface area contributed by atoms with Crippen LogP contribution in [-0.4, -0.2) is 18.9 Å². The van der Waals surface area contributed by atoms with E-state index in [1.54, 1.807) is 30.3 Å². The van der Waals surface area contributed by atoms with E-state index >= 15 is 0 Å². The monoisotopic (exact) mass is 504 g/mol. The van der Waals surface area contributed by atoms with Gasteiger partial charge in [-0.05, 0) is 48.5 Å². The summed E-state index contributed by atoms with van der Waals surface area (Å²) in [5, 5.41) is 4.17. The Morgan fingerprint density at radius 1 is 0.844 bits per heavy atom. The van der Waals surface area contributed by atoms with Crippen LogP contribution in [0, 0.1) is 0 Å². The summed E-state index contributed by atoms with van der Waals surface area (Å²) in [5.41, 5.74) is 0.830. The molecule has 32 heavy (non-hydrogen) atoms. The Bertz CT molecular complexity index is 1230. The molecule has 0 saturated carbocycles. The predicted octanol–water partition coefficient (Wildman–Crippen LogP) is 6.64. The third-order valence-electron chi connectivity index (χ3n) is 4.52. The van der Waals surface area contributed by atoms with Crippen molar-refractivity contribution in [1.29, 1.82) is 0 Å². The van der Waals surface area contributed by atoms with Gasteiger partial charge < -0.3 is 10.1 Å². The van der Waals surface area contributed by atoms with E-state index in [1.807, 2.05) is 30.3 Å². The van der Waals surface area contributed by atoms with Crippen molar-refractivity contribution in [1.82, 2.24) is 0 Å². The second kappa shape index (κ2) is 9.46. The zero-order chi connectivity index (χ0) is 22.8. The number of anilines is 2. The molecule has 4 rings (SSSR count). The standard InChI is InChI=1S/C23H15Cl3N2O3S/c1-31-19-8-7-13(24)12-18(19)28-22(29)20(27-16-10-14(25)9-15(26)11-16)21(23(28)30)32-17-5-3-2-4-6-17/h2-12,27H,1H3. The average molecular weight is 506 g/mol. The summed E-state index contributed by atoms with van der Waals surface area (Å²) in [5.74, 6) is -0.711. The summed E-state index contributed by atoms with van der Waals surface area (Å²) >= 11 is 19.5. The number of methoxy groups -OCH3 is 1. The molecule has 0 aliphatic carbocycles. The van der Waals surface area contributed by atoms with E-state index in [4.69, 9.17) is 39.5 Å². The average Bonchev–Trinajstić information content (AvgIpc) is 2.97. The fourth-order valence-electron chi connectivity index (χ4n) is 3.15. The van der Waals surface area contributed by atoms with Crippen LogP contribution in [0.4, 0.5) is 11.4 Å². The first-order chi connectivity index (χ1) is 15.4.